The van der Waals surface area contributed by atoms with Crippen molar-refractivity contribution in [2.75, 3.05) is 13.7 Å². The Labute approximate surface area is 178 Å². The lowest BCUT2D eigenvalue weighted by Crippen LogP contribution is -2.47. The van der Waals surface area contributed by atoms with Crippen molar-refractivity contribution in [3.05, 3.63) is 72.1 Å². The Bertz CT molecular complexity index is 1060. The number of carbonyl (C=O) groups excluding carboxylic acids is 3. The number of nitrogens with one attached hydrogen (secondary N) is 2. The van der Waals surface area contributed by atoms with E-state index >= 15 is 0 Å². The van der Waals surface area contributed by atoms with E-state index in [1.165, 1.54) is 7.11 Å². The molecule has 0 saturated heterocycles. The van der Waals surface area contributed by atoms with Gasteiger partial charge in [0.15, 0.2) is 0 Å². The molecule has 9 nitrogen and oxygen atoms in total. The van der Waals surface area contributed by atoms with Gasteiger partial charge in [-0.05, 0) is 17.7 Å². The van der Waals surface area contributed by atoms with Gasteiger partial charge in [0.2, 0.25) is 5.91 Å². The second-order valence-electron chi connectivity index (χ2n) is 6.61. The number of methoxy groups -OCH3 is 1. The van der Waals surface area contributed by atoms with Crippen LogP contribution in [0.25, 0.3) is 11.0 Å². The molecule has 0 aliphatic rings. The number of nitrogens with zero attached hydrogens (tertiary/aromatic N) is 2. The summed E-state index contributed by atoms with van der Waals surface area (Å²) in [5.74, 6) is -1.20. The van der Waals surface area contributed by atoms with Gasteiger partial charge in [-0.15, -0.1) is 0 Å². The minimum atomic E-state index is -0.977. The summed E-state index contributed by atoms with van der Waals surface area (Å²) in [6, 6.07) is 15.5. The maximum absolute atomic E-state index is 12.2. The number of rotatable bonds is 8. The van der Waals surface area contributed by atoms with Crippen LogP contribution in [0, 0.1) is 0 Å². The van der Waals surface area contributed by atoms with E-state index in [0.717, 1.165) is 11.1 Å². The molecule has 0 spiro atoms. The first kappa shape index (κ1) is 21.7. The van der Waals surface area contributed by atoms with Crippen molar-refractivity contribution in [2.24, 2.45) is 0 Å². The Kier molecular flexibility index (Phi) is 7.47. The van der Waals surface area contributed by atoms with E-state index in [1.807, 2.05) is 54.6 Å². The third-order valence-corrected chi connectivity index (χ3v) is 4.34. The molecule has 2 aromatic carbocycles. The topological polar surface area (TPSA) is 120 Å². The minimum Gasteiger partial charge on any atom is -0.467 e. The maximum Gasteiger partial charge on any atom is 0.407 e. The van der Waals surface area contributed by atoms with Gasteiger partial charge >= 0.3 is 12.1 Å². The Morgan fingerprint density at radius 1 is 1.00 bits per heavy atom. The second kappa shape index (κ2) is 10.7. The number of hydrogen-bond acceptors (Lipinski definition) is 7. The molecule has 0 radical (unpaired) electrons. The molecule has 2 amide bonds. The van der Waals surface area contributed by atoms with Crippen molar-refractivity contribution >= 4 is 29.0 Å². The Morgan fingerprint density at radius 3 is 2.45 bits per heavy atom. The summed E-state index contributed by atoms with van der Waals surface area (Å²) < 4.78 is 9.82. The third-order valence-electron chi connectivity index (χ3n) is 4.34. The van der Waals surface area contributed by atoms with Crippen LogP contribution in [0.5, 0.6) is 0 Å². The van der Waals surface area contributed by atoms with E-state index in [9.17, 15) is 14.4 Å². The first-order valence-corrected chi connectivity index (χ1v) is 9.57. The molecule has 0 fully saturated rings. The number of alkyl carbamates (subject to hydrolysis) is 1. The van der Waals surface area contributed by atoms with Crippen LogP contribution in [0.4, 0.5) is 4.79 Å². The van der Waals surface area contributed by atoms with Crippen molar-refractivity contribution < 1.29 is 23.9 Å². The lowest BCUT2D eigenvalue weighted by Gasteiger charge is -2.16. The van der Waals surface area contributed by atoms with Crippen LogP contribution in [0.1, 0.15) is 11.3 Å². The Hall–Kier alpha value is -4.01. The SMILES string of the molecule is COC(=O)[C@@H](Cc1cnc2ccccc2n1)NC(=O)CNC(=O)OCc1ccccc1. The van der Waals surface area contributed by atoms with Crippen molar-refractivity contribution in [3.8, 4) is 0 Å². The number of amides is 2. The van der Waals surface area contributed by atoms with Crippen LogP contribution < -0.4 is 10.6 Å². The molecular formula is C22H22N4O5. The number of benzene rings is 2. The minimum absolute atomic E-state index is 0.0830. The van der Waals surface area contributed by atoms with Gasteiger partial charge in [0.25, 0.3) is 0 Å². The molecule has 9 heteroatoms. The van der Waals surface area contributed by atoms with E-state index in [4.69, 9.17) is 9.47 Å². The van der Waals surface area contributed by atoms with Crippen LogP contribution in [0.2, 0.25) is 0 Å². The highest BCUT2D eigenvalue weighted by atomic mass is 16.5. The number of carbonyl (C=O) groups is 3. The summed E-state index contributed by atoms with van der Waals surface area (Å²) in [6.07, 6.45) is 0.896. The Balaban J connectivity index is 1.52. The predicted molar refractivity (Wildman–Crippen MR) is 112 cm³/mol. The largest absolute Gasteiger partial charge is 0.467 e. The zero-order chi connectivity index (χ0) is 22.1. The molecule has 3 aromatic rings. The van der Waals surface area contributed by atoms with Gasteiger partial charge in [-0.2, -0.15) is 0 Å². The van der Waals surface area contributed by atoms with Gasteiger partial charge in [-0.25, -0.2) is 14.6 Å². The highest BCUT2D eigenvalue weighted by molar-refractivity contribution is 5.87. The summed E-state index contributed by atoms with van der Waals surface area (Å²) >= 11 is 0. The Morgan fingerprint density at radius 2 is 1.71 bits per heavy atom. The molecular weight excluding hydrogens is 400 g/mol. The van der Waals surface area contributed by atoms with Crippen LogP contribution >= 0.6 is 0 Å². The molecule has 2 N–H and O–H groups in total. The lowest BCUT2D eigenvalue weighted by atomic mass is 10.1. The average Bonchev–Trinajstić information content (AvgIpc) is 2.81. The molecule has 0 bridgehead atoms. The van der Waals surface area contributed by atoms with Crippen LogP contribution in [0.3, 0.4) is 0 Å². The van der Waals surface area contributed by atoms with Gasteiger partial charge in [0.1, 0.15) is 19.2 Å². The number of para-hydroxylation sites is 2. The highest BCUT2D eigenvalue weighted by Gasteiger charge is 2.23. The maximum atomic E-state index is 12.2. The average molecular weight is 422 g/mol. The molecule has 3 rings (SSSR count). The molecule has 31 heavy (non-hydrogen) atoms. The zero-order valence-corrected chi connectivity index (χ0v) is 16.9. The molecule has 160 valence electrons. The first-order chi connectivity index (χ1) is 15.0. The summed E-state index contributed by atoms with van der Waals surface area (Å²) in [6.45, 7) is -0.274. The van der Waals surface area contributed by atoms with Gasteiger partial charge in [0.05, 0.1) is 23.8 Å². The highest BCUT2D eigenvalue weighted by Crippen LogP contribution is 2.10. The summed E-state index contributed by atoms with van der Waals surface area (Å²) in [7, 11) is 1.23. The standard InChI is InChI=1S/C22H22N4O5/c1-30-21(28)19(11-16-12-23-17-9-5-6-10-18(17)25-16)26-20(27)13-24-22(29)31-14-15-7-3-2-4-8-15/h2-10,12,19H,11,13-14H2,1H3,(H,24,29)(H,26,27)/t19-/m1/s1. The molecule has 0 aliphatic carbocycles. The second-order valence-corrected chi connectivity index (χ2v) is 6.61. The van der Waals surface area contributed by atoms with E-state index in [2.05, 4.69) is 20.6 Å². The van der Waals surface area contributed by atoms with Gasteiger partial charge in [-0.1, -0.05) is 42.5 Å². The van der Waals surface area contributed by atoms with Crippen molar-refractivity contribution in [3.63, 3.8) is 0 Å². The van der Waals surface area contributed by atoms with E-state index in [-0.39, 0.29) is 19.6 Å². The predicted octanol–water partition coefficient (Wildman–Crippen LogP) is 1.76. The smallest absolute Gasteiger partial charge is 0.407 e. The molecule has 0 unspecified atom stereocenters. The molecule has 1 aromatic heterocycles. The molecule has 1 heterocycles. The number of aromatic nitrogens is 2. The number of hydrogen-bond donors (Lipinski definition) is 2. The fourth-order valence-corrected chi connectivity index (χ4v) is 2.81. The van der Waals surface area contributed by atoms with E-state index < -0.39 is 24.0 Å². The van der Waals surface area contributed by atoms with E-state index in [0.29, 0.717) is 11.2 Å². The van der Waals surface area contributed by atoms with Gasteiger partial charge in [-0.3, -0.25) is 9.78 Å². The summed E-state index contributed by atoms with van der Waals surface area (Å²) in [5, 5.41) is 4.89. The van der Waals surface area contributed by atoms with Crippen LogP contribution in [-0.4, -0.2) is 47.6 Å². The quantitative estimate of drug-likeness (QED) is 0.531. The van der Waals surface area contributed by atoms with Crippen LogP contribution in [0.15, 0.2) is 60.8 Å². The number of fused-ring (bicyclic) bond motifs is 1. The molecule has 0 aliphatic heterocycles. The van der Waals surface area contributed by atoms with E-state index in [1.54, 1.807) is 6.20 Å². The fourth-order valence-electron chi connectivity index (χ4n) is 2.81. The number of ether oxygens (including phenoxy) is 2. The fraction of sp³-hybridized carbons (Fsp3) is 0.227. The van der Waals surface area contributed by atoms with Crippen molar-refractivity contribution in [1.29, 1.82) is 0 Å². The monoisotopic (exact) mass is 422 g/mol. The molecule has 0 saturated carbocycles. The third kappa shape index (κ3) is 6.49. The molecule has 1 atom stereocenters. The van der Waals surface area contributed by atoms with Gasteiger partial charge < -0.3 is 20.1 Å². The first-order valence-electron chi connectivity index (χ1n) is 9.57. The normalized spacial score (nSPS) is 11.4. The van der Waals surface area contributed by atoms with Crippen molar-refractivity contribution in [2.45, 2.75) is 19.1 Å². The van der Waals surface area contributed by atoms with Crippen LogP contribution in [-0.2, 0) is 32.1 Å². The number of esters is 1. The summed E-state index contributed by atoms with van der Waals surface area (Å²) in [4.78, 5) is 44.9. The summed E-state index contributed by atoms with van der Waals surface area (Å²) in [5.41, 5.74) is 2.75. The zero-order valence-electron chi connectivity index (χ0n) is 16.9. The van der Waals surface area contributed by atoms with Crippen molar-refractivity contribution in [1.82, 2.24) is 20.6 Å². The lowest BCUT2D eigenvalue weighted by molar-refractivity contribution is -0.144. The van der Waals surface area contributed by atoms with Gasteiger partial charge in [0, 0.05) is 12.6 Å².